The SMILES string of the molecule is CCC1C=C2C(N3CCNCC3)=NC=C(Cc3ccsc3)N2C=C(C)CC1C. The smallest absolute Gasteiger partial charge is 0.152 e. The first-order valence-electron chi connectivity index (χ1n) is 10.6. The molecule has 4 rings (SSSR count). The minimum atomic E-state index is 0.578. The zero-order valence-electron chi connectivity index (χ0n) is 17.3. The standard InChI is InChI=1S/C23H32N4S/c1-4-20-13-22-23(26-8-6-24-7-9-26)25-14-21(12-19-5-10-28-16-19)27(22)15-17(2)11-18(20)3/h5,10,13-16,18,20,24H,4,6-9,11-12H2,1-3H3. The highest BCUT2D eigenvalue weighted by atomic mass is 32.1. The van der Waals surface area contributed by atoms with Crippen LogP contribution in [0.15, 0.2) is 57.3 Å². The van der Waals surface area contributed by atoms with Crippen molar-refractivity contribution >= 4 is 17.2 Å². The second kappa shape index (κ2) is 8.66. The van der Waals surface area contributed by atoms with E-state index in [1.165, 1.54) is 29.0 Å². The fraction of sp³-hybridized carbons (Fsp3) is 0.522. The molecule has 2 atom stereocenters. The quantitative estimate of drug-likeness (QED) is 0.810. The molecule has 150 valence electrons. The fourth-order valence-corrected chi connectivity index (χ4v) is 5.18. The molecule has 1 aromatic heterocycles. The van der Waals surface area contributed by atoms with E-state index in [4.69, 9.17) is 4.99 Å². The number of hydrogen-bond donors (Lipinski definition) is 1. The van der Waals surface area contributed by atoms with Crippen molar-refractivity contribution in [3.63, 3.8) is 0 Å². The molecule has 1 N–H and O–H groups in total. The highest BCUT2D eigenvalue weighted by molar-refractivity contribution is 7.07. The second-order valence-electron chi connectivity index (χ2n) is 8.27. The number of piperazine rings is 1. The predicted molar refractivity (Wildman–Crippen MR) is 119 cm³/mol. The molecule has 3 aliphatic heterocycles. The van der Waals surface area contributed by atoms with Gasteiger partial charge in [-0.2, -0.15) is 11.3 Å². The van der Waals surface area contributed by atoms with Crippen LogP contribution in [0.4, 0.5) is 0 Å². The van der Waals surface area contributed by atoms with Crippen molar-refractivity contribution in [3.8, 4) is 0 Å². The van der Waals surface area contributed by atoms with Gasteiger partial charge >= 0.3 is 0 Å². The minimum absolute atomic E-state index is 0.578. The lowest BCUT2D eigenvalue weighted by Crippen LogP contribution is -2.49. The first-order chi connectivity index (χ1) is 13.7. The van der Waals surface area contributed by atoms with E-state index in [2.05, 4.69) is 71.2 Å². The third-order valence-electron chi connectivity index (χ3n) is 6.08. The molecule has 0 aromatic carbocycles. The van der Waals surface area contributed by atoms with Gasteiger partial charge in [0.05, 0.1) is 5.70 Å². The number of hydrogen-bond acceptors (Lipinski definition) is 5. The zero-order chi connectivity index (χ0) is 19.5. The Kier molecular flexibility index (Phi) is 6.02. The summed E-state index contributed by atoms with van der Waals surface area (Å²) in [6, 6.07) is 2.22. The van der Waals surface area contributed by atoms with Crippen LogP contribution in [-0.4, -0.2) is 41.8 Å². The summed E-state index contributed by atoms with van der Waals surface area (Å²) in [6.45, 7) is 11.1. The minimum Gasteiger partial charge on any atom is -0.352 e. The number of amidine groups is 1. The predicted octanol–water partition coefficient (Wildman–Crippen LogP) is 4.61. The molecule has 1 fully saturated rings. The lowest BCUT2D eigenvalue weighted by molar-refractivity contribution is 0.345. The van der Waals surface area contributed by atoms with E-state index in [9.17, 15) is 0 Å². The van der Waals surface area contributed by atoms with E-state index in [-0.39, 0.29) is 0 Å². The Morgan fingerprint density at radius 2 is 2.11 bits per heavy atom. The van der Waals surface area contributed by atoms with Gasteiger partial charge in [-0.1, -0.05) is 25.5 Å². The summed E-state index contributed by atoms with van der Waals surface area (Å²) in [7, 11) is 0. The summed E-state index contributed by atoms with van der Waals surface area (Å²) in [6.07, 6.45) is 10.2. The second-order valence-corrected chi connectivity index (χ2v) is 9.05. The Balaban J connectivity index is 1.76. The third-order valence-corrected chi connectivity index (χ3v) is 6.82. The summed E-state index contributed by atoms with van der Waals surface area (Å²) in [5.74, 6) is 2.38. The molecule has 0 radical (unpaired) electrons. The molecule has 3 aliphatic rings. The molecule has 2 unspecified atom stereocenters. The Labute approximate surface area is 173 Å². The van der Waals surface area contributed by atoms with Crippen LogP contribution in [0.2, 0.25) is 0 Å². The molecule has 0 amide bonds. The Morgan fingerprint density at radius 3 is 2.82 bits per heavy atom. The van der Waals surface area contributed by atoms with E-state index < -0.39 is 0 Å². The van der Waals surface area contributed by atoms with Crippen LogP contribution >= 0.6 is 11.3 Å². The number of allylic oxidation sites excluding steroid dienone is 3. The lowest BCUT2D eigenvalue weighted by Gasteiger charge is -2.39. The van der Waals surface area contributed by atoms with Gasteiger partial charge in [0.15, 0.2) is 5.84 Å². The van der Waals surface area contributed by atoms with Gasteiger partial charge in [0.1, 0.15) is 0 Å². The topological polar surface area (TPSA) is 30.9 Å². The average Bonchev–Trinajstić information content (AvgIpc) is 3.20. The van der Waals surface area contributed by atoms with E-state index in [0.717, 1.165) is 44.9 Å². The molecule has 0 saturated carbocycles. The number of rotatable bonds is 3. The van der Waals surface area contributed by atoms with Crippen LogP contribution in [0.3, 0.4) is 0 Å². The summed E-state index contributed by atoms with van der Waals surface area (Å²) in [5, 5.41) is 7.87. The maximum Gasteiger partial charge on any atom is 0.152 e. The molecule has 0 spiro atoms. The monoisotopic (exact) mass is 396 g/mol. The molecular weight excluding hydrogens is 364 g/mol. The molecule has 0 bridgehead atoms. The molecule has 28 heavy (non-hydrogen) atoms. The Hall–Kier alpha value is -1.85. The van der Waals surface area contributed by atoms with Crippen molar-refractivity contribution in [2.75, 3.05) is 26.2 Å². The molecular formula is C23H32N4S. The Morgan fingerprint density at radius 1 is 1.29 bits per heavy atom. The maximum absolute atomic E-state index is 5.01. The summed E-state index contributed by atoms with van der Waals surface area (Å²) >= 11 is 1.77. The van der Waals surface area contributed by atoms with Crippen LogP contribution < -0.4 is 5.32 Å². The maximum atomic E-state index is 5.01. The van der Waals surface area contributed by atoms with Crippen molar-refractivity contribution < 1.29 is 0 Å². The van der Waals surface area contributed by atoms with Crippen LogP contribution in [0.5, 0.6) is 0 Å². The van der Waals surface area contributed by atoms with Gasteiger partial charge in [0.2, 0.25) is 0 Å². The van der Waals surface area contributed by atoms with Crippen molar-refractivity contribution in [3.05, 3.63) is 57.8 Å². The van der Waals surface area contributed by atoms with Crippen molar-refractivity contribution in [2.45, 2.75) is 40.0 Å². The third kappa shape index (κ3) is 4.11. The van der Waals surface area contributed by atoms with Gasteiger partial charge in [-0.05, 0) is 54.0 Å². The summed E-state index contributed by atoms with van der Waals surface area (Å²) < 4.78 is 0. The van der Waals surface area contributed by atoms with Gasteiger partial charge in [-0.15, -0.1) is 0 Å². The number of nitrogens with one attached hydrogen (secondary N) is 1. The molecule has 4 heterocycles. The summed E-state index contributed by atoms with van der Waals surface area (Å²) in [5.41, 5.74) is 5.37. The van der Waals surface area contributed by atoms with Crippen LogP contribution in [0.1, 0.15) is 39.2 Å². The zero-order valence-corrected chi connectivity index (χ0v) is 18.1. The Bertz CT molecular complexity index is 797. The van der Waals surface area contributed by atoms with Crippen LogP contribution in [0, 0.1) is 11.8 Å². The van der Waals surface area contributed by atoms with Gasteiger partial charge in [0, 0.05) is 50.7 Å². The first kappa shape index (κ1) is 19.5. The highest BCUT2D eigenvalue weighted by Gasteiger charge is 2.30. The van der Waals surface area contributed by atoms with Gasteiger partial charge < -0.3 is 15.1 Å². The van der Waals surface area contributed by atoms with Crippen molar-refractivity contribution in [1.82, 2.24) is 15.1 Å². The fourth-order valence-electron chi connectivity index (χ4n) is 4.51. The number of thiophene rings is 1. The van der Waals surface area contributed by atoms with E-state index >= 15 is 0 Å². The van der Waals surface area contributed by atoms with Crippen LogP contribution in [0.25, 0.3) is 0 Å². The van der Waals surface area contributed by atoms with Crippen molar-refractivity contribution in [2.24, 2.45) is 16.8 Å². The number of fused-ring (bicyclic) bond motifs is 1. The van der Waals surface area contributed by atoms with E-state index in [1.807, 2.05) is 0 Å². The normalized spacial score (nSPS) is 25.8. The molecule has 1 saturated heterocycles. The van der Waals surface area contributed by atoms with Gasteiger partial charge in [0.25, 0.3) is 0 Å². The first-order valence-corrected chi connectivity index (χ1v) is 11.5. The number of nitrogens with zero attached hydrogens (tertiary/aromatic N) is 3. The van der Waals surface area contributed by atoms with E-state index in [1.54, 1.807) is 11.3 Å². The van der Waals surface area contributed by atoms with E-state index in [0.29, 0.717) is 11.8 Å². The molecule has 5 heteroatoms. The summed E-state index contributed by atoms with van der Waals surface area (Å²) in [4.78, 5) is 9.90. The average molecular weight is 397 g/mol. The van der Waals surface area contributed by atoms with Crippen LogP contribution in [-0.2, 0) is 6.42 Å². The molecule has 0 aliphatic carbocycles. The lowest BCUT2D eigenvalue weighted by atomic mass is 9.84. The van der Waals surface area contributed by atoms with Gasteiger partial charge in [-0.25, -0.2) is 4.99 Å². The van der Waals surface area contributed by atoms with Crippen molar-refractivity contribution in [1.29, 1.82) is 0 Å². The largest absolute Gasteiger partial charge is 0.352 e. The number of aliphatic imine (C=N–C) groups is 1. The molecule has 4 nitrogen and oxygen atoms in total. The van der Waals surface area contributed by atoms with Gasteiger partial charge in [-0.3, -0.25) is 0 Å². The highest BCUT2D eigenvalue weighted by Crippen LogP contribution is 2.34. The molecule has 1 aromatic rings.